The van der Waals surface area contributed by atoms with Crippen molar-refractivity contribution in [2.45, 2.75) is 19.3 Å². The Hall–Kier alpha value is -0.350. The summed E-state index contributed by atoms with van der Waals surface area (Å²) >= 11 is 5.12. The van der Waals surface area contributed by atoms with E-state index in [4.69, 9.17) is 4.74 Å². The summed E-state index contributed by atoms with van der Waals surface area (Å²) in [6.45, 7) is 2.33. The van der Waals surface area contributed by atoms with Crippen molar-refractivity contribution in [1.82, 2.24) is 0 Å². The van der Waals surface area contributed by atoms with Gasteiger partial charge in [-0.25, -0.2) is 0 Å². The van der Waals surface area contributed by atoms with Crippen molar-refractivity contribution in [2.75, 3.05) is 6.61 Å². The van der Waals surface area contributed by atoms with Gasteiger partial charge in [0.05, 0.1) is 16.3 Å². The number of hydrogen-bond donors (Lipinski definition) is 0. The van der Waals surface area contributed by atoms with Crippen molar-refractivity contribution in [2.24, 2.45) is 5.92 Å². The van der Waals surface area contributed by atoms with E-state index >= 15 is 0 Å². The normalized spacial score (nSPS) is 24.7. The maximum atomic E-state index is 11.4. The molecule has 1 fully saturated rings. The van der Waals surface area contributed by atoms with Crippen LogP contribution in [-0.4, -0.2) is 12.6 Å². The first-order chi connectivity index (χ1) is 6.72. The van der Waals surface area contributed by atoms with Crippen LogP contribution in [0.2, 0.25) is 0 Å². The molecular formula is C10H11BrO2S. The standard InChI is InChI=1S/C10H11BrO2S/c1-2-13-10(12)7-5-6(7)8-3-4-9(11)14-8/h3-4,6-7H,2,5H2,1H3. The van der Waals surface area contributed by atoms with E-state index in [0.29, 0.717) is 12.5 Å². The molecule has 2 rings (SSSR count). The van der Waals surface area contributed by atoms with Crippen LogP contribution in [0.1, 0.15) is 24.1 Å². The van der Waals surface area contributed by atoms with Gasteiger partial charge in [-0.2, -0.15) is 0 Å². The molecule has 0 bridgehead atoms. The highest BCUT2D eigenvalue weighted by Gasteiger charge is 2.45. The number of hydrogen-bond acceptors (Lipinski definition) is 3. The van der Waals surface area contributed by atoms with Crippen LogP contribution in [0.4, 0.5) is 0 Å². The molecule has 2 atom stereocenters. The lowest BCUT2D eigenvalue weighted by Crippen LogP contribution is -2.06. The summed E-state index contributed by atoms with van der Waals surface area (Å²) in [7, 11) is 0. The van der Waals surface area contributed by atoms with E-state index in [1.54, 1.807) is 11.3 Å². The fraction of sp³-hybridized carbons (Fsp3) is 0.500. The Bertz CT molecular complexity index is 348. The van der Waals surface area contributed by atoms with E-state index < -0.39 is 0 Å². The van der Waals surface area contributed by atoms with E-state index in [0.717, 1.165) is 10.2 Å². The lowest BCUT2D eigenvalue weighted by atomic mass is 10.3. The third-order valence-corrected chi connectivity index (χ3v) is 4.09. The minimum absolute atomic E-state index is 0.0398. The molecule has 1 aliphatic rings. The molecule has 0 saturated heterocycles. The Kier molecular flexibility index (Phi) is 2.93. The topological polar surface area (TPSA) is 26.3 Å². The van der Waals surface area contributed by atoms with Crippen molar-refractivity contribution in [1.29, 1.82) is 0 Å². The van der Waals surface area contributed by atoms with Crippen LogP contribution in [0.3, 0.4) is 0 Å². The third kappa shape index (κ3) is 2.01. The number of thiophene rings is 1. The van der Waals surface area contributed by atoms with Crippen LogP contribution in [0.15, 0.2) is 15.9 Å². The fourth-order valence-electron chi connectivity index (χ4n) is 1.55. The van der Waals surface area contributed by atoms with Crippen molar-refractivity contribution >= 4 is 33.2 Å². The first kappa shape index (κ1) is 10.2. The van der Waals surface area contributed by atoms with Crippen molar-refractivity contribution in [3.63, 3.8) is 0 Å². The first-order valence-electron chi connectivity index (χ1n) is 4.64. The van der Waals surface area contributed by atoms with Crippen LogP contribution in [0.5, 0.6) is 0 Å². The van der Waals surface area contributed by atoms with Crippen molar-refractivity contribution < 1.29 is 9.53 Å². The van der Waals surface area contributed by atoms with Gasteiger partial charge in [0.1, 0.15) is 0 Å². The zero-order chi connectivity index (χ0) is 10.1. The minimum Gasteiger partial charge on any atom is -0.466 e. The predicted molar refractivity (Wildman–Crippen MR) is 59.5 cm³/mol. The average Bonchev–Trinajstić information content (AvgIpc) is 2.84. The summed E-state index contributed by atoms with van der Waals surface area (Å²) in [5.41, 5.74) is 0. The van der Waals surface area contributed by atoms with E-state index in [1.165, 1.54) is 4.88 Å². The van der Waals surface area contributed by atoms with Gasteiger partial charge in [0.2, 0.25) is 0 Å². The zero-order valence-electron chi connectivity index (χ0n) is 7.83. The molecule has 1 aromatic rings. The van der Waals surface area contributed by atoms with Crippen molar-refractivity contribution in [3.05, 3.63) is 20.8 Å². The van der Waals surface area contributed by atoms with Crippen LogP contribution in [0.25, 0.3) is 0 Å². The minimum atomic E-state index is -0.0398. The summed E-state index contributed by atoms with van der Waals surface area (Å²) in [5.74, 6) is 0.480. The van der Waals surface area contributed by atoms with Gasteiger partial charge in [0, 0.05) is 10.8 Å². The highest BCUT2D eigenvalue weighted by atomic mass is 79.9. The molecular weight excluding hydrogens is 264 g/mol. The van der Waals surface area contributed by atoms with Gasteiger partial charge < -0.3 is 4.74 Å². The van der Waals surface area contributed by atoms with Gasteiger partial charge in [-0.1, -0.05) is 0 Å². The Balaban J connectivity index is 1.96. The molecule has 0 N–H and O–H groups in total. The van der Waals surface area contributed by atoms with Gasteiger partial charge in [0.25, 0.3) is 0 Å². The molecule has 0 aromatic carbocycles. The lowest BCUT2D eigenvalue weighted by Gasteiger charge is -1.98. The molecule has 1 aromatic heterocycles. The Morgan fingerprint density at radius 2 is 2.50 bits per heavy atom. The van der Waals surface area contributed by atoms with E-state index in [9.17, 15) is 4.79 Å². The SMILES string of the molecule is CCOC(=O)C1CC1c1ccc(Br)s1. The average molecular weight is 275 g/mol. The number of esters is 1. The monoisotopic (exact) mass is 274 g/mol. The van der Waals surface area contributed by atoms with E-state index in [-0.39, 0.29) is 11.9 Å². The highest BCUT2D eigenvalue weighted by molar-refractivity contribution is 9.11. The van der Waals surface area contributed by atoms with Crippen LogP contribution < -0.4 is 0 Å². The van der Waals surface area contributed by atoms with E-state index in [2.05, 4.69) is 22.0 Å². The largest absolute Gasteiger partial charge is 0.466 e. The molecule has 2 unspecified atom stereocenters. The Labute approximate surface area is 95.4 Å². The van der Waals surface area contributed by atoms with Gasteiger partial charge >= 0.3 is 5.97 Å². The molecule has 1 aliphatic carbocycles. The fourth-order valence-corrected chi connectivity index (χ4v) is 3.15. The van der Waals surface area contributed by atoms with Gasteiger partial charge in [-0.3, -0.25) is 4.79 Å². The third-order valence-electron chi connectivity index (χ3n) is 2.34. The number of halogens is 1. The molecule has 4 heteroatoms. The van der Waals surface area contributed by atoms with Crippen LogP contribution >= 0.6 is 27.3 Å². The number of ether oxygens (including phenoxy) is 1. The molecule has 14 heavy (non-hydrogen) atoms. The Morgan fingerprint density at radius 3 is 3.07 bits per heavy atom. The number of carbonyl (C=O) groups is 1. The maximum absolute atomic E-state index is 11.4. The van der Waals surface area contributed by atoms with Crippen LogP contribution in [0, 0.1) is 5.92 Å². The summed E-state index contributed by atoms with van der Waals surface area (Å²) in [5, 5.41) is 0. The predicted octanol–water partition coefficient (Wildman–Crippen LogP) is 3.18. The second-order valence-electron chi connectivity index (χ2n) is 3.34. The molecule has 2 nitrogen and oxygen atoms in total. The smallest absolute Gasteiger partial charge is 0.309 e. The van der Waals surface area contributed by atoms with Crippen molar-refractivity contribution in [3.8, 4) is 0 Å². The summed E-state index contributed by atoms with van der Waals surface area (Å²) in [6, 6.07) is 4.11. The molecule has 0 amide bonds. The molecule has 0 radical (unpaired) electrons. The number of carbonyl (C=O) groups excluding carboxylic acids is 1. The zero-order valence-corrected chi connectivity index (χ0v) is 10.2. The molecule has 1 heterocycles. The molecule has 76 valence electrons. The van der Waals surface area contributed by atoms with E-state index in [1.807, 2.05) is 13.0 Å². The quantitative estimate of drug-likeness (QED) is 0.792. The highest BCUT2D eigenvalue weighted by Crippen LogP contribution is 2.50. The summed E-state index contributed by atoms with van der Waals surface area (Å²) in [6.07, 6.45) is 0.950. The van der Waals surface area contributed by atoms with Gasteiger partial charge in [-0.15, -0.1) is 11.3 Å². The second kappa shape index (κ2) is 4.03. The molecule has 0 aliphatic heterocycles. The summed E-state index contributed by atoms with van der Waals surface area (Å²) in [4.78, 5) is 12.7. The lowest BCUT2D eigenvalue weighted by molar-refractivity contribution is -0.144. The van der Waals surface area contributed by atoms with Gasteiger partial charge in [0.15, 0.2) is 0 Å². The second-order valence-corrected chi connectivity index (χ2v) is 5.84. The molecule has 1 saturated carbocycles. The summed E-state index contributed by atoms with van der Waals surface area (Å²) < 4.78 is 6.11. The first-order valence-corrected chi connectivity index (χ1v) is 6.25. The maximum Gasteiger partial charge on any atom is 0.309 e. The van der Waals surface area contributed by atoms with Gasteiger partial charge in [-0.05, 0) is 41.4 Å². The molecule has 0 spiro atoms. The van der Waals surface area contributed by atoms with Crippen LogP contribution in [-0.2, 0) is 9.53 Å². The Morgan fingerprint density at radius 1 is 1.71 bits per heavy atom. The number of rotatable bonds is 3.